The van der Waals surface area contributed by atoms with Gasteiger partial charge in [-0.05, 0) is 25.1 Å². The Hall–Kier alpha value is -1.56. The third kappa shape index (κ3) is 2.20. The second kappa shape index (κ2) is 4.97. The second-order valence-corrected chi connectivity index (χ2v) is 4.29. The number of hydrogen-bond acceptors (Lipinski definition) is 2. The third-order valence-corrected chi connectivity index (χ3v) is 3.17. The Bertz CT molecular complexity index is 473. The van der Waals surface area contributed by atoms with E-state index in [4.69, 9.17) is 0 Å². The summed E-state index contributed by atoms with van der Waals surface area (Å²) in [6.07, 6.45) is 0.757. The highest BCUT2D eigenvalue weighted by molar-refractivity contribution is 5.94. The summed E-state index contributed by atoms with van der Waals surface area (Å²) in [4.78, 5) is 13.3. The molecule has 3 nitrogen and oxygen atoms in total. The predicted molar refractivity (Wildman–Crippen MR) is 59.7 cm³/mol. The maximum atomic E-state index is 13.5. The van der Waals surface area contributed by atoms with Gasteiger partial charge in [-0.15, -0.1) is 0 Å². The number of nitrogens with zero attached hydrogens (tertiary/aromatic N) is 1. The topological polar surface area (TPSA) is 32.3 Å². The smallest absolute Gasteiger partial charge is 0.256 e. The number of likely N-dealkylation sites (N-methyl/N-ethyl adjacent to an activating group) is 1. The summed E-state index contributed by atoms with van der Waals surface area (Å²) in [6, 6.07) is 1.67. The molecule has 0 unspecified atom stereocenters. The molecular weight excluding hydrogens is 245 g/mol. The lowest BCUT2D eigenvalue weighted by atomic mass is 10.1. The lowest BCUT2D eigenvalue weighted by Crippen LogP contribution is -2.38. The Kier molecular flexibility index (Phi) is 3.56. The molecule has 0 aromatic heterocycles. The van der Waals surface area contributed by atoms with Crippen molar-refractivity contribution in [1.29, 1.82) is 0 Å². The highest BCUT2D eigenvalue weighted by Gasteiger charge is 2.27. The van der Waals surface area contributed by atoms with Crippen LogP contribution in [0.4, 0.5) is 13.2 Å². The molecule has 0 radical (unpaired) electrons. The molecule has 98 valence electrons. The van der Waals surface area contributed by atoms with E-state index in [0.29, 0.717) is 6.54 Å². The van der Waals surface area contributed by atoms with Crippen LogP contribution in [0.3, 0.4) is 0 Å². The van der Waals surface area contributed by atoms with Gasteiger partial charge >= 0.3 is 0 Å². The maximum absolute atomic E-state index is 13.5. The van der Waals surface area contributed by atoms with Crippen molar-refractivity contribution in [2.45, 2.75) is 12.5 Å². The van der Waals surface area contributed by atoms with E-state index in [-0.39, 0.29) is 6.04 Å². The first kappa shape index (κ1) is 12.9. The van der Waals surface area contributed by atoms with Crippen molar-refractivity contribution in [3.05, 3.63) is 35.1 Å². The van der Waals surface area contributed by atoms with E-state index < -0.39 is 28.9 Å². The highest BCUT2D eigenvalue weighted by Crippen LogP contribution is 2.18. The normalized spacial score (nSPS) is 19.0. The van der Waals surface area contributed by atoms with Crippen molar-refractivity contribution < 1.29 is 18.0 Å². The molecule has 1 amide bonds. The van der Waals surface area contributed by atoms with Crippen LogP contribution < -0.4 is 5.32 Å². The van der Waals surface area contributed by atoms with Gasteiger partial charge in [0.15, 0.2) is 17.5 Å². The molecule has 1 heterocycles. The summed E-state index contributed by atoms with van der Waals surface area (Å²) in [5, 5.41) is 3.07. The molecule has 1 fully saturated rings. The summed E-state index contributed by atoms with van der Waals surface area (Å²) in [5.41, 5.74) is -0.441. The van der Waals surface area contributed by atoms with E-state index in [0.717, 1.165) is 25.1 Å². The molecule has 1 N–H and O–H groups in total. The van der Waals surface area contributed by atoms with Gasteiger partial charge in [-0.25, -0.2) is 13.2 Å². The molecule has 1 atom stereocenters. The van der Waals surface area contributed by atoms with Gasteiger partial charge in [-0.2, -0.15) is 0 Å². The van der Waals surface area contributed by atoms with Gasteiger partial charge in [-0.3, -0.25) is 4.79 Å². The summed E-state index contributed by atoms with van der Waals surface area (Å²) in [6.45, 7) is 1.40. The minimum Gasteiger partial charge on any atom is -0.337 e. The van der Waals surface area contributed by atoms with E-state index in [1.165, 1.54) is 11.9 Å². The van der Waals surface area contributed by atoms with Gasteiger partial charge in [0.1, 0.15) is 0 Å². The number of halogens is 3. The molecule has 1 aliphatic rings. The molecule has 6 heteroatoms. The van der Waals surface area contributed by atoms with Crippen LogP contribution in [-0.4, -0.2) is 37.0 Å². The fraction of sp³-hybridized carbons (Fsp3) is 0.417. The highest BCUT2D eigenvalue weighted by atomic mass is 19.2. The Morgan fingerprint density at radius 2 is 2.06 bits per heavy atom. The first-order chi connectivity index (χ1) is 8.52. The van der Waals surface area contributed by atoms with Crippen molar-refractivity contribution in [3.8, 4) is 0 Å². The molecule has 1 aliphatic heterocycles. The molecule has 1 aromatic rings. The fourth-order valence-electron chi connectivity index (χ4n) is 2.02. The number of benzene rings is 1. The van der Waals surface area contributed by atoms with E-state index in [1.54, 1.807) is 0 Å². The summed E-state index contributed by atoms with van der Waals surface area (Å²) in [7, 11) is 1.53. The molecule has 0 spiro atoms. The quantitative estimate of drug-likeness (QED) is 0.816. The van der Waals surface area contributed by atoms with Crippen LogP contribution in [0.2, 0.25) is 0 Å². The minimum atomic E-state index is -1.61. The van der Waals surface area contributed by atoms with Gasteiger partial charge < -0.3 is 10.2 Å². The van der Waals surface area contributed by atoms with Gasteiger partial charge in [-0.1, -0.05) is 0 Å². The minimum absolute atomic E-state index is 0.0509. The number of nitrogens with one attached hydrogen (secondary N) is 1. The van der Waals surface area contributed by atoms with Crippen LogP contribution in [0.5, 0.6) is 0 Å². The molecule has 18 heavy (non-hydrogen) atoms. The summed E-state index contributed by atoms with van der Waals surface area (Å²) in [5.74, 6) is -4.98. The van der Waals surface area contributed by atoms with Crippen LogP contribution in [0.1, 0.15) is 16.8 Å². The van der Waals surface area contributed by atoms with Crippen LogP contribution in [0.25, 0.3) is 0 Å². The van der Waals surface area contributed by atoms with E-state index in [2.05, 4.69) is 5.32 Å². The average molecular weight is 258 g/mol. The molecule has 1 aromatic carbocycles. The Balaban J connectivity index is 2.25. The van der Waals surface area contributed by atoms with Gasteiger partial charge in [0.25, 0.3) is 5.91 Å². The number of amides is 1. The molecule has 0 bridgehead atoms. The molecule has 2 rings (SSSR count). The lowest BCUT2D eigenvalue weighted by Gasteiger charge is -2.24. The SMILES string of the molecule is CN(C(=O)c1ccc(F)c(F)c1F)[C@@H]1CCNC1. The molecule has 0 aliphatic carbocycles. The third-order valence-electron chi connectivity index (χ3n) is 3.17. The van der Waals surface area contributed by atoms with Crippen molar-refractivity contribution in [2.75, 3.05) is 20.1 Å². The van der Waals surface area contributed by atoms with Gasteiger partial charge in [0.05, 0.1) is 5.56 Å². The maximum Gasteiger partial charge on any atom is 0.256 e. The van der Waals surface area contributed by atoms with Gasteiger partial charge in [0.2, 0.25) is 0 Å². The zero-order valence-electron chi connectivity index (χ0n) is 9.84. The average Bonchev–Trinajstić information content (AvgIpc) is 2.88. The first-order valence-electron chi connectivity index (χ1n) is 5.63. The summed E-state index contributed by atoms with van der Waals surface area (Å²) < 4.78 is 39.3. The van der Waals surface area contributed by atoms with Crippen LogP contribution in [0, 0.1) is 17.5 Å². The number of rotatable bonds is 2. The van der Waals surface area contributed by atoms with Crippen LogP contribution >= 0.6 is 0 Å². The Morgan fingerprint density at radius 1 is 1.33 bits per heavy atom. The largest absolute Gasteiger partial charge is 0.337 e. The van der Waals surface area contributed by atoms with Crippen molar-refractivity contribution in [2.24, 2.45) is 0 Å². The summed E-state index contributed by atoms with van der Waals surface area (Å²) >= 11 is 0. The molecular formula is C12H13F3N2O. The van der Waals surface area contributed by atoms with Crippen molar-refractivity contribution in [1.82, 2.24) is 10.2 Å². The van der Waals surface area contributed by atoms with Crippen molar-refractivity contribution >= 4 is 5.91 Å². The molecule has 1 saturated heterocycles. The predicted octanol–water partition coefficient (Wildman–Crippen LogP) is 1.54. The van der Waals surface area contributed by atoms with E-state index >= 15 is 0 Å². The zero-order valence-corrected chi connectivity index (χ0v) is 9.84. The molecule has 0 saturated carbocycles. The zero-order chi connectivity index (χ0) is 13.3. The lowest BCUT2D eigenvalue weighted by molar-refractivity contribution is 0.0737. The van der Waals surface area contributed by atoms with Crippen molar-refractivity contribution in [3.63, 3.8) is 0 Å². The first-order valence-corrected chi connectivity index (χ1v) is 5.63. The Labute approximate surface area is 103 Å². The second-order valence-electron chi connectivity index (χ2n) is 4.29. The fourth-order valence-corrected chi connectivity index (χ4v) is 2.02. The van der Waals surface area contributed by atoms with Crippen LogP contribution in [0.15, 0.2) is 12.1 Å². The number of carbonyl (C=O) groups excluding carboxylic acids is 1. The van der Waals surface area contributed by atoms with E-state index in [1.807, 2.05) is 0 Å². The number of hydrogen-bond donors (Lipinski definition) is 1. The monoisotopic (exact) mass is 258 g/mol. The Morgan fingerprint density at radius 3 is 2.67 bits per heavy atom. The standard InChI is InChI=1S/C12H13F3N2O/c1-17(7-4-5-16-6-7)12(18)8-2-3-9(13)11(15)10(8)14/h2-3,7,16H,4-6H2,1H3/t7-/m1/s1. The number of carbonyl (C=O) groups is 1. The van der Waals surface area contributed by atoms with E-state index in [9.17, 15) is 18.0 Å². The van der Waals surface area contributed by atoms with Gasteiger partial charge in [0, 0.05) is 19.6 Å². The van der Waals surface area contributed by atoms with Crippen LogP contribution in [-0.2, 0) is 0 Å².